The SMILES string of the molecule is CC(C)=CCC(=O)C1(O)C(O)=C(C(=O)C(C)C)C(O)=C1CC=C(C)C. The van der Waals surface area contributed by atoms with Crippen molar-refractivity contribution in [3.63, 3.8) is 0 Å². The molecule has 1 aliphatic rings. The van der Waals surface area contributed by atoms with Gasteiger partial charge in [0.1, 0.15) is 11.3 Å². The van der Waals surface area contributed by atoms with Crippen LogP contribution in [0.4, 0.5) is 0 Å². The Morgan fingerprint density at radius 3 is 2.00 bits per heavy atom. The van der Waals surface area contributed by atoms with Gasteiger partial charge in [0.05, 0.1) is 0 Å². The third-order valence-electron chi connectivity index (χ3n) is 4.12. The van der Waals surface area contributed by atoms with Crippen molar-refractivity contribution in [2.75, 3.05) is 0 Å². The van der Waals surface area contributed by atoms with E-state index in [4.69, 9.17) is 0 Å². The van der Waals surface area contributed by atoms with Crippen molar-refractivity contribution >= 4 is 11.6 Å². The fourth-order valence-corrected chi connectivity index (χ4v) is 2.58. The number of aliphatic hydroxyl groups excluding tert-OH is 2. The lowest BCUT2D eigenvalue weighted by molar-refractivity contribution is -0.132. The summed E-state index contributed by atoms with van der Waals surface area (Å²) >= 11 is 0. The van der Waals surface area contributed by atoms with Crippen LogP contribution >= 0.6 is 0 Å². The molecule has 0 aromatic heterocycles. The molecule has 1 unspecified atom stereocenters. The minimum absolute atomic E-state index is 0.0534. The second-order valence-electron chi connectivity index (χ2n) is 7.17. The minimum Gasteiger partial charge on any atom is -0.507 e. The van der Waals surface area contributed by atoms with E-state index in [1.54, 1.807) is 26.0 Å². The predicted molar refractivity (Wildman–Crippen MR) is 97.2 cm³/mol. The molecular weight excluding hydrogens is 320 g/mol. The van der Waals surface area contributed by atoms with Crippen molar-refractivity contribution in [1.29, 1.82) is 0 Å². The number of Topliss-reactive ketones (excluding diaryl/α,β-unsaturated/α-hetero) is 2. The minimum atomic E-state index is -2.37. The molecule has 138 valence electrons. The van der Waals surface area contributed by atoms with Gasteiger partial charge >= 0.3 is 0 Å². The summed E-state index contributed by atoms with van der Waals surface area (Å²) in [4.78, 5) is 25.0. The Hall–Kier alpha value is -2.14. The maximum Gasteiger partial charge on any atom is 0.207 e. The fraction of sp³-hybridized carbons (Fsp3) is 0.500. The Balaban J connectivity index is 3.52. The molecule has 0 heterocycles. The molecule has 0 bridgehead atoms. The molecule has 25 heavy (non-hydrogen) atoms. The number of allylic oxidation sites excluding steroid dienone is 5. The Bertz CT molecular complexity index is 696. The summed E-state index contributed by atoms with van der Waals surface area (Å²) in [7, 11) is 0. The third kappa shape index (κ3) is 4.10. The van der Waals surface area contributed by atoms with Crippen LogP contribution < -0.4 is 0 Å². The summed E-state index contributed by atoms with van der Waals surface area (Å²) in [6.07, 6.45) is 3.30. The first-order valence-corrected chi connectivity index (χ1v) is 8.37. The second kappa shape index (κ2) is 7.83. The molecule has 0 aliphatic heterocycles. The number of aliphatic hydroxyl groups is 3. The predicted octanol–water partition coefficient (Wildman–Crippen LogP) is 3.86. The smallest absolute Gasteiger partial charge is 0.207 e. The highest BCUT2D eigenvalue weighted by Gasteiger charge is 2.52. The molecule has 0 radical (unpaired) electrons. The van der Waals surface area contributed by atoms with Gasteiger partial charge in [0.25, 0.3) is 0 Å². The standard InChI is InChI=1S/C20H28O5/c1-11(2)7-9-14-18(23)16(17(22)13(5)6)19(24)20(14,25)15(21)10-8-12(3)4/h7-8,13,23-25H,9-10H2,1-6H3. The maximum absolute atomic E-state index is 12.7. The molecule has 0 saturated carbocycles. The molecule has 0 spiro atoms. The van der Waals surface area contributed by atoms with Gasteiger partial charge in [-0.2, -0.15) is 0 Å². The van der Waals surface area contributed by atoms with E-state index >= 15 is 0 Å². The molecule has 1 atom stereocenters. The number of hydrogen-bond donors (Lipinski definition) is 3. The van der Waals surface area contributed by atoms with Crippen LogP contribution in [0.3, 0.4) is 0 Å². The molecule has 0 fully saturated rings. The highest BCUT2D eigenvalue weighted by atomic mass is 16.4. The van der Waals surface area contributed by atoms with Gasteiger partial charge in [-0.05, 0) is 34.1 Å². The molecular formula is C20H28O5. The van der Waals surface area contributed by atoms with Crippen molar-refractivity contribution in [1.82, 2.24) is 0 Å². The van der Waals surface area contributed by atoms with Gasteiger partial charge in [-0.3, -0.25) is 9.59 Å². The lowest BCUT2D eigenvalue weighted by Gasteiger charge is -2.24. The molecule has 1 rings (SSSR count). The number of carbonyl (C=O) groups is 2. The summed E-state index contributed by atoms with van der Waals surface area (Å²) in [6, 6.07) is 0. The van der Waals surface area contributed by atoms with E-state index < -0.39 is 34.6 Å². The van der Waals surface area contributed by atoms with Crippen LogP contribution in [-0.4, -0.2) is 32.5 Å². The van der Waals surface area contributed by atoms with E-state index in [9.17, 15) is 24.9 Å². The maximum atomic E-state index is 12.7. The highest BCUT2D eigenvalue weighted by molar-refractivity contribution is 6.06. The Morgan fingerprint density at radius 2 is 1.56 bits per heavy atom. The van der Waals surface area contributed by atoms with Crippen LogP contribution in [0, 0.1) is 5.92 Å². The zero-order valence-electron chi connectivity index (χ0n) is 15.8. The van der Waals surface area contributed by atoms with Crippen LogP contribution in [0.15, 0.2) is 46.0 Å². The van der Waals surface area contributed by atoms with Gasteiger partial charge in [0.2, 0.25) is 5.60 Å². The van der Waals surface area contributed by atoms with Gasteiger partial charge in [0, 0.05) is 17.9 Å². The van der Waals surface area contributed by atoms with Crippen LogP contribution in [0.5, 0.6) is 0 Å². The van der Waals surface area contributed by atoms with E-state index in [-0.39, 0.29) is 24.0 Å². The van der Waals surface area contributed by atoms with Gasteiger partial charge in [-0.25, -0.2) is 0 Å². The molecule has 0 saturated heterocycles. The quantitative estimate of drug-likeness (QED) is 0.607. The normalized spacial score (nSPS) is 20.2. The zero-order chi connectivity index (χ0) is 19.5. The summed E-state index contributed by atoms with van der Waals surface area (Å²) < 4.78 is 0. The first-order valence-electron chi connectivity index (χ1n) is 8.37. The average Bonchev–Trinajstić information content (AvgIpc) is 2.69. The zero-order valence-corrected chi connectivity index (χ0v) is 15.8. The topological polar surface area (TPSA) is 94.8 Å². The van der Waals surface area contributed by atoms with Gasteiger partial charge in [-0.1, -0.05) is 37.1 Å². The number of hydrogen-bond acceptors (Lipinski definition) is 5. The van der Waals surface area contributed by atoms with Crippen molar-refractivity contribution in [3.8, 4) is 0 Å². The third-order valence-corrected chi connectivity index (χ3v) is 4.12. The van der Waals surface area contributed by atoms with Gasteiger partial charge in [0.15, 0.2) is 17.3 Å². The van der Waals surface area contributed by atoms with Gasteiger partial charge < -0.3 is 15.3 Å². The Labute approximate surface area is 149 Å². The van der Waals surface area contributed by atoms with Crippen molar-refractivity contribution in [3.05, 3.63) is 46.0 Å². The number of carbonyl (C=O) groups excluding carboxylic acids is 2. The monoisotopic (exact) mass is 348 g/mol. The van der Waals surface area contributed by atoms with Crippen LogP contribution in [-0.2, 0) is 9.59 Å². The van der Waals surface area contributed by atoms with Crippen molar-refractivity contribution in [2.45, 2.75) is 60.0 Å². The lowest BCUT2D eigenvalue weighted by Crippen LogP contribution is -2.41. The summed E-state index contributed by atoms with van der Waals surface area (Å²) in [5.41, 5.74) is -0.983. The van der Waals surface area contributed by atoms with E-state index in [2.05, 4.69) is 0 Å². The number of ketones is 2. The second-order valence-corrected chi connectivity index (χ2v) is 7.17. The summed E-state index contributed by atoms with van der Waals surface area (Å²) in [5, 5.41) is 32.0. The largest absolute Gasteiger partial charge is 0.507 e. The molecule has 3 N–H and O–H groups in total. The van der Waals surface area contributed by atoms with Gasteiger partial charge in [-0.15, -0.1) is 0 Å². The van der Waals surface area contributed by atoms with E-state index in [0.717, 1.165) is 11.1 Å². The van der Waals surface area contributed by atoms with Crippen LogP contribution in [0.25, 0.3) is 0 Å². The van der Waals surface area contributed by atoms with Crippen molar-refractivity contribution < 1.29 is 24.9 Å². The summed E-state index contributed by atoms with van der Waals surface area (Å²) in [5.74, 6) is -2.97. The average molecular weight is 348 g/mol. The van der Waals surface area contributed by atoms with Crippen molar-refractivity contribution in [2.24, 2.45) is 5.92 Å². The first kappa shape index (κ1) is 20.9. The Kier molecular flexibility index (Phi) is 6.54. The molecule has 5 nitrogen and oxygen atoms in total. The van der Waals surface area contributed by atoms with E-state index in [1.807, 2.05) is 27.7 Å². The first-order chi connectivity index (χ1) is 11.4. The summed E-state index contributed by atoms with van der Waals surface area (Å²) in [6.45, 7) is 10.5. The highest BCUT2D eigenvalue weighted by Crippen LogP contribution is 2.42. The number of rotatable bonds is 7. The van der Waals surface area contributed by atoms with Crippen LogP contribution in [0.2, 0.25) is 0 Å². The fourth-order valence-electron chi connectivity index (χ4n) is 2.58. The lowest BCUT2D eigenvalue weighted by atomic mass is 9.86. The van der Waals surface area contributed by atoms with Crippen LogP contribution in [0.1, 0.15) is 54.4 Å². The molecule has 1 aliphatic carbocycles. The molecule has 0 aromatic rings. The molecule has 5 heteroatoms. The van der Waals surface area contributed by atoms with E-state index in [0.29, 0.717) is 0 Å². The Morgan fingerprint density at radius 1 is 1.04 bits per heavy atom. The molecule has 0 aromatic carbocycles. The van der Waals surface area contributed by atoms with E-state index in [1.165, 1.54) is 0 Å². The molecule has 0 amide bonds.